The van der Waals surface area contributed by atoms with Crippen LogP contribution in [-0.2, 0) is 19.3 Å². The summed E-state index contributed by atoms with van der Waals surface area (Å²) in [5, 5.41) is 1.29. The van der Waals surface area contributed by atoms with E-state index in [4.69, 9.17) is 22.2 Å². The number of rotatable bonds is 14. The molecular weight excluding hydrogens is 344 g/mol. The van der Waals surface area contributed by atoms with Gasteiger partial charge in [0.05, 0.1) is 5.52 Å². The summed E-state index contributed by atoms with van der Waals surface area (Å²) in [4.78, 5) is 4.80. The highest BCUT2D eigenvalue weighted by molar-refractivity contribution is 5.85. The Morgan fingerprint density at radius 2 is 1.36 bits per heavy atom. The van der Waals surface area contributed by atoms with Gasteiger partial charge in [-0.3, -0.25) is 0 Å². The monoisotopic (exact) mass is 384 g/mol. The van der Waals surface area contributed by atoms with Crippen molar-refractivity contribution in [3.05, 3.63) is 34.9 Å². The Hall–Kier alpha value is -1.65. The van der Waals surface area contributed by atoms with Crippen molar-refractivity contribution in [3.63, 3.8) is 0 Å². The molecule has 2 aromatic rings. The van der Waals surface area contributed by atoms with E-state index in [0.717, 1.165) is 50.7 Å². The number of hydrogen-bond donors (Lipinski definition) is 3. The van der Waals surface area contributed by atoms with Crippen molar-refractivity contribution in [1.82, 2.24) is 4.98 Å². The van der Waals surface area contributed by atoms with Gasteiger partial charge >= 0.3 is 0 Å². The molecule has 1 aromatic heterocycles. The van der Waals surface area contributed by atoms with E-state index in [9.17, 15) is 0 Å². The van der Waals surface area contributed by atoms with E-state index in [1.807, 2.05) is 0 Å². The van der Waals surface area contributed by atoms with E-state index >= 15 is 0 Å². The molecule has 0 unspecified atom stereocenters. The van der Waals surface area contributed by atoms with Gasteiger partial charge in [0.15, 0.2) is 0 Å². The zero-order chi connectivity index (χ0) is 20.2. The second kappa shape index (κ2) is 12.7. The molecule has 0 aliphatic carbocycles. The smallest absolute Gasteiger partial charge is 0.127 e. The number of hydrogen-bond acceptors (Lipinski definition) is 4. The van der Waals surface area contributed by atoms with E-state index in [1.165, 1.54) is 67.0 Å². The molecule has 0 amide bonds. The van der Waals surface area contributed by atoms with Crippen LogP contribution in [0.4, 0.5) is 5.82 Å². The van der Waals surface area contributed by atoms with Crippen LogP contribution in [0.3, 0.4) is 0 Å². The highest BCUT2D eigenvalue weighted by Gasteiger charge is 2.10. The molecule has 4 nitrogen and oxygen atoms in total. The fourth-order valence-corrected chi connectivity index (χ4v) is 3.87. The molecule has 0 aliphatic heterocycles. The van der Waals surface area contributed by atoms with E-state index < -0.39 is 0 Å². The van der Waals surface area contributed by atoms with Crippen molar-refractivity contribution in [2.45, 2.75) is 84.0 Å². The predicted octanol–water partition coefficient (Wildman–Crippen LogP) is 4.89. The van der Waals surface area contributed by atoms with Crippen molar-refractivity contribution in [2.75, 3.05) is 18.8 Å². The summed E-state index contributed by atoms with van der Waals surface area (Å²) < 4.78 is 0. The number of aromatic nitrogens is 1. The Bertz CT molecular complexity index is 711. The molecule has 0 atom stereocenters. The van der Waals surface area contributed by atoms with Gasteiger partial charge in [-0.1, -0.05) is 38.7 Å². The van der Waals surface area contributed by atoms with Gasteiger partial charge in [0.25, 0.3) is 0 Å². The van der Waals surface area contributed by atoms with Crippen LogP contribution in [0.25, 0.3) is 10.9 Å². The molecule has 0 bridgehead atoms. The molecule has 4 heteroatoms. The average Bonchev–Trinajstić information content (AvgIpc) is 2.69. The maximum absolute atomic E-state index is 6.31. The van der Waals surface area contributed by atoms with Gasteiger partial charge < -0.3 is 17.2 Å². The topological polar surface area (TPSA) is 91.0 Å². The molecular formula is C24H40N4. The van der Waals surface area contributed by atoms with Crippen molar-refractivity contribution in [2.24, 2.45) is 11.5 Å². The maximum Gasteiger partial charge on any atom is 0.127 e. The zero-order valence-corrected chi connectivity index (χ0v) is 17.8. The molecule has 0 spiro atoms. The van der Waals surface area contributed by atoms with E-state index in [0.29, 0.717) is 5.82 Å². The number of nitrogens with zero attached hydrogens (tertiary/aromatic N) is 1. The van der Waals surface area contributed by atoms with Crippen LogP contribution >= 0.6 is 0 Å². The Labute approximate surface area is 171 Å². The second-order valence-electron chi connectivity index (χ2n) is 8.01. The van der Waals surface area contributed by atoms with Crippen molar-refractivity contribution in [3.8, 4) is 0 Å². The minimum atomic E-state index is 0.706. The maximum atomic E-state index is 6.31. The lowest BCUT2D eigenvalue weighted by molar-refractivity contribution is 0.681. The summed E-state index contributed by atoms with van der Waals surface area (Å²) in [6, 6.07) is 6.96. The number of pyridine rings is 1. The lowest BCUT2D eigenvalue weighted by atomic mass is 9.95. The molecule has 0 fully saturated rings. The van der Waals surface area contributed by atoms with Crippen molar-refractivity contribution in [1.29, 1.82) is 0 Å². The molecule has 0 radical (unpaired) electrons. The zero-order valence-electron chi connectivity index (χ0n) is 17.8. The molecule has 0 aliphatic rings. The minimum absolute atomic E-state index is 0.706. The first kappa shape index (κ1) is 22.6. The average molecular weight is 385 g/mol. The van der Waals surface area contributed by atoms with Gasteiger partial charge in [-0.05, 0) is 93.3 Å². The number of nitrogens with two attached hydrogens (primary N) is 3. The van der Waals surface area contributed by atoms with Gasteiger partial charge in [-0.25, -0.2) is 4.98 Å². The SMILES string of the molecule is CCCCCc1cc2c(CCCCCN)cc(CCCCCN)cc2nc1N. The lowest BCUT2D eigenvalue weighted by Gasteiger charge is -2.13. The van der Waals surface area contributed by atoms with Crippen LogP contribution in [0.5, 0.6) is 0 Å². The predicted molar refractivity (Wildman–Crippen MR) is 123 cm³/mol. The Kier molecular flexibility index (Phi) is 10.3. The van der Waals surface area contributed by atoms with E-state index in [2.05, 4.69) is 25.1 Å². The summed E-state index contributed by atoms with van der Waals surface area (Å²) in [5.74, 6) is 0.706. The summed E-state index contributed by atoms with van der Waals surface area (Å²) in [6.45, 7) is 3.79. The third kappa shape index (κ3) is 7.06. The Morgan fingerprint density at radius 3 is 2.04 bits per heavy atom. The first-order valence-electron chi connectivity index (χ1n) is 11.3. The van der Waals surface area contributed by atoms with Crippen molar-refractivity contribution >= 4 is 16.7 Å². The molecule has 1 aromatic carbocycles. The molecule has 1 heterocycles. The van der Waals surface area contributed by atoms with Crippen LogP contribution in [0, 0.1) is 0 Å². The molecule has 0 saturated heterocycles. The third-order valence-electron chi connectivity index (χ3n) is 5.56. The number of nitrogen functional groups attached to an aromatic ring is 1. The van der Waals surface area contributed by atoms with Gasteiger partial charge in [-0.2, -0.15) is 0 Å². The van der Waals surface area contributed by atoms with Crippen LogP contribution < -0.4 is 17.2 Å². The number of benzene rings is 1. The van der Waals surface area contributed by atoms with Crippen LogP contribution in [0.15, 0.2) is 18.2 Å². The normalized spacial score (nSPS) is 11.4. The first-order valence-corrected chi connectivity index (χ1v) is 11.3. The summed E-state index contributed by atoms with van der Waals surface area (Å²) >= 11 is 0. The second-order valence-corrected chi connectivity index (χ2v) is 8.01. The molecule has 2 rings (SSSR count). The first-order chi connectivity index (χ1) is 13.7. The van der Waals surface area contributed by atoms with Gasteiger partial charge in [-0.15, -0.1) is 0 Å². The molecule has 0 saturated carbocycles. The largest absolute Gasteiger partial charge is 0.383 e. The van der Waals surface area contributed by atoms with E-state index in [-0.39, 0.29) is 0 Å². The standard InChI is InChI=1S/C24H40N4/c1-2-3-6-13-21-18-22-20(12-8-5-10-15-26)16-19(11-7-4-9-14-25)17-23(22)28-24(21)27/h16-18H,2-15,25-26H2,1H3,(H2,27,28). The number of unbranched alkanes of at least 4 members (excludes halogenated alkanes) is 6. The van der Waals surface area contributed by atoms with Gasteiger partial charge in [0.1, 0.15) is 5.82 Å². The van der Waals surface area contributed by atoms with Gasteiger partial charge in [0.2, 0.25) is 0 Å². The molecule has 6 N–H and O–H groups in total. The van der Waals surface area contributed by atoms with Crippen LogP contribution in [-0.4, -0.2) is 18.1 Å². The number of anilines is 1. The molecule has 156 valence electrons. The Morgan fingerprint density at radius 1 is 0.714 bits per heavy atom. The highest BCUT2D eigenvalue weighted by Crippen LogP contribution is 2.27. The van der Waals surface area contributed by atoms with Gasteiger partial charge in [0, 0.05) is 5.39 Å². The fourth-order valence-electron chi connectivity index (χ4n) is 3.87. The third-order valence-corrected chi connectivity index (χ3v) is 5.56. The van der Waals surface area contributed by atoms with Crippen molar-refractivity contribution < 1.29 is 0 Å². The fraction of sp³-hybridized carbons (Fsp3) is 0.625. The van der Waals surface area contributed by atoms with E-state index in [1.54, 1.807) is 0 Å². The lowest BCUT2D eigenvalue weighted by Crippen LogP contribution is -2.02. The summed E-state index contributed by atoms with van der Waals surface area (Å²) in [6.07, 6.45) is 13.8. The summed E-state index contributed by atoms with van der Waals surface area (Å²) in [7, 11) is 0. The number of fused-ring (bicyclic) bond motifs is 1. The highest BCUT2D eigenvalue weighted by atomic mass is 14.8. The summed E-state index contributed by atoms with van der Waals surface area (Å²) in [5.41, 5.74) is 22.7. The van der Waals surface area contributed by atoms with Crippen LogP contribution in [0.2, 0.25) is 0 Å². The number of aryl methyl sites for hydroxylation is 3. The quantitative estimate of drug-likeness (QED) is 0.404. The minimum Gasteiger partial charge on any atom is -0.383 e. The van der Waals surface area contributed by atoms with Crippen LogP contribution in [0.1, 0.15) is 81.4 Å². The Balaban J connectivity index is 2.26. The molecule has 28 heavy (non-hydrogen) atoms.